The quantitative estimate of drug-likeness (QED) is 0.608. The molecule has 2 saturated heterocycles. The van der Waals surface area contributed by atoms with Crippen molar-refractivity contribution in [2.45, 2.75) is 16.0 Å². The third-order valence-electron chi connectivity index (χ3n) is 7.71. The Morgan fingerprint density at radius 3 is 2.41 bits per heavy atom. The molecule has 2 aromatic rings. The highest BCUT2D eigenvalue weighted by Crippen LogP contribution is 2.61. The minimum absolute atomic E-state index is 0.0159. The molecule has 4 aliphatic heterocycles. The van der Waals surface area contributed by atoms with Gasteiger partial charge >= 0.3 is 0 Å². The van der Waals surface area contributed by atoms with Crippen LogP contribution in [0, 0.1) is 11.8 Å². The molecule has 4 heterocycles. The second-order valence-electron chi connectivity index (χ2n) is 9.61. The van der Waals surface area contributed by atoms with Crippen LogP contribution in [0.15, 0.2) is 78.9 Å². The molecule has 6 rings (SSSR count). The summed E-state index contributed by atoms with van der Waals surface area (Å²) < 4.78 is -0.936. The maximum absolute atomic E-state index is 14.2. The summed E-state index contributed by atoms with van der Waals surface area (Å²) >= 11 is 7.98. The Balaban J connectivity index is 1.45. The van der Waals surface area contributed by atoms with E-state index < -0.39 is 22.6 Å². The Morgan fingerprint density at radius 1 is 0.919 bits per heavy atom. The lowest BCUT2D eigenvalue weighted by Crippen LogP contribution is -2.53. The molecule has 37 heavy (non-hydrogen) atoms. The Labute approximate surface area is 224 Å². The van der Waals surface area contributed by atoms with Crippen LogP contribution in [0.25, 0.3) is 0 Å². The molecule has 5 atom stereocenters. The number of halogens is 1. The van der Waals surface area contributed by atoms with Gasteiger partial charge in [0.2, 0.25) is 11.8 Å². The van der Waals surface area contributed by atoms with E-state index in [0.29, 0.717) is 23.8 Å². The van der Waals surface area contributed by atoms with Crippen molar-refractivity contribution in [1.82, 2.24) is 4.90 Å². The average Bonchev–Trinajstić information content (AvgIpc) is 3.20. The van der Waals surface area contributed by atoms with Crippen LogP contribution >= 0.6 is 23.4 Å². The van der Waals surface area contributed by atoms with Crippen molar-refractivity contribution >= 4 is 52.5 Å². The smallest absolute Gasteiger partial charge is 0.251 e. The van der Waals surface area contributed by atoms with Gasteiger partial charge in [0.05, 0.1) is 33.9 Å². The fourth-order valence-corrected chi connectivity index (χ4v) is 8.46. The van der Waals surface area contributed by atoms with Gasteiger partial charge in [-0.15, -0.1) is 11.8 Å². The molecule has 2 fully saturated rings. The number of para-hydroxylation sites is 2. The van der Waals surface area contributed by atoms with E-state index in [1.54, 1.807) is 28.0 Å². The average molecular weight is 536 g/mol. The van der Waals surface area contributed by atoms with E-state index in [-0.39, 0.29) is 36.1 Å². The number of β-amino-alcohol motifs (C(OH)–C–C–N with tert-alkyl or cyclic N) is 1. The lowest BCUT2D eigenvalue weighted by Gasteiger charge is -2.35. The SMILES string of the molecule is O=C1[C@@H]2[C@H]3C(=O)N(CCO)C4C(=O)N(c5ccccc5Cl)CC=C[C@@]43S[C@@H]2C=CCN1c1ccccc1. The van der Waals surface area contributed by atoms with Crippen molar-refractivity contribution in [2.24, 2.45) is 11.8 Å². The van der Waals surface area contributed by atoms with Gasteiger partial charge in [-0.25, -0.2) is 0 Å². The van der Waals surface area contributed by atoms with Gasteiger partial charge in [0.15, 0.2) is 0 Å². The van der Waals surface area contributed by atoms with Crippen molar-refractivity contribution in [3.8, 4) is 0 Å². The second-order valence-corrected chi connectivity index (χ2v) is 11.5. The Morgan fingerprint density at radius 2 is 1.65 bits per heavy atom. The molecule has 7 nitrogen and oxygen atoms in total. The summed E-state index contributed by atoms with van der Waals surface area (Å²) in [7, 11) is 0. The number of nitrogens with zero attached hydrogens (tertiary/aromatic N) is 3. The number of rotatable bonds is 4. The number of thioether (sulfide) groups is 1. The van der Waals surface area contributed by atoms with Crippen molar-refractivity contribution in [3.05, 3.63) is 83.9 Å². The first-order chi connectivity index (χ1) is 18.0. The number of aliphatic hydroxyl groups is 1. The van der Waals surface area contributed by atoms with E-state index in [1.807, 2.05) is 60.7 Å². The summed E-state index contributed by atoms with van der Waals surface area (Å²) in [6, 6.07) is 15.7. The predicted molar refractivity (Wildman–Crippen MR) is 145 cm³/mol. The molecule has 0 aliphatic carbocycles. The maximum Gasteiger partial charge on any atom is 0.251 e. The lowest BCUT2D eigenvalue weighted by atomic mass is 9.78. The van der Waals surface area contributed by atoms with E-state index in [9.17, 15) is 19.5 Å². The van der Waals surface area contributed by atoms with E-state index in [4.69, 9.17) is 11.6 Å². The van der Waals surface area contributed by atoms with Gasteiger partial charge in [0.1, 0.15) is 6.04 Å². The van der Waals surface area contributed by atoms with Gasteiger partial charge in [-0.3, -0.25) is 14.4 Å². The molecule has 190 valence electrons. The fourth-order valence-electron chi connectivity index (χ4n) is 6.21. The molecule has 9 heteroatoms. The number of amides is 3. The van der Waals surface area contributed by atoms with Crippen LogP contribution in [0.1, 0.15) is 0 Å². The van der Waals surface area contributed by atoms with Gasteiger partial charge in [-0.05, 0) is 24.3 Å². The van der Waals surface area contributed by atoms with Gasteiger partial charge < -0.3 is 19.8 Å². The maximum atomic E-state index is 14.2. The molecule has 1 spiro atoms. The molecule has 2 aromatic carbocycles. The number of hydrogen-bond donors (Lipinski definition) is 1. The summed E-state index contributed by atoms with van der Waals surface area (Å²) in [5.74, 6) is -2.02. The van der Waals surface area contributed by atoms with Crippen LogP contribution < -0.4 is 9.80 Å². The zero-order valence-corrected chi connectivity index (χ0v) is 21.5. The number of aliphatic hydroxyl groups excluding tert-OH is 1. The fraction of sp³-hybridized carbons (Fsp3) is 0.321. The minimum atomic E-state index is -0.936. The molecular formula is C28H26ClN3O4S. The van der Waals surface area contributed by atoms with Crippen LogP contribution in [-0.2, 0) is 14.4 Å². The zero-order chi connectivity index (χ0) is 25.7. The summed E-state index contributed by atoms with van der Waals surface area (Å²) in [4.78, 5) is 47.1. The predicted octanol–water partition coefficient (Wildman–Crippen LogP) is 3.14. The number of likely N-dealkylation sites (tertiary alicyclic amines) is 1. The molecule has 4 aliphatic rings. The first-order valence-corrected chi connectivity index (χ1v) is 13.6. The number of fused-ring (bicyclic) bond motifs is 2. The van der Waals surface area contributed by atoms with Crippen molar-refractivity contribution in [2.75, 3.05) is 36.0 Å². The Kier molecular flexibility index (Phi) is 6.13. The summed E-state index contributed by atoms with van der Waals surface area (Å²) in [5, 5.41) is 10.0. The van der Waals surface area contributed by atoms with Crippen molar-refractivity contribution in [1.29, 1.82) is 0 Å². The topological polar surface area (TPSA) is 81.2 Å². The van der Waals surface area contributed by atoms with E-state index in [0.717, 1.165) is 5.69 Å². The standard InChI is InChI=1S/C28H26ClN3O4S/c29-19-10-4-5-11-20(19)31-15-7-13-28-23(26(35)32(16-17-33)24(28)27(31)36)22-21(37-28)12-6-14-30(25(22)34)18-8-2-1-3-9-18/h1-13,21-24,33H,14-17H2/t21-,22+,23+,24?,28+/m1/s1. The van der Waals surface area contributed by atoms with E-state index >= 15 is 0 Å². The van der Waals surface area contributed by atoms with Gasteiger partial charge in [-0.2, -0.15) is 0 Å². The van der Waals surface area contributed by atoms with Crippen molar-refractivity contribution < 1.29 is 19.5 Å². The van der Waals surface area contributed by atoms with Crippen LogP contribution in [0.5, 0.6) is 0 Å². The molecule has 3 amide bonds. The normalized spacial score (nSPS) is 30.8. The minimum Gasteiger partial charge on any atom is -0.395 e. The Hall–Kier alpha value is -3.07. The number of hydrogen-bond acceptors (Lipinski definition) is 5. The molecule has 0 aromatic heterocycles. The highest BCUT2D eigenvalue weighted by molar-refractivity contribution is 8.02. The van der Waals surface area contributed by atoms with Gasteiger partial charge in [-0.1, -0.05) is 66.2 Å². The summed E-state index contributed by atoms with van der Waals surface area (Å²) in [5.41, 5.74) is 1.34. The molecule has 0 radical (unpaired) electrons. The lowest BCUT2D eigenvalue weighted by molar-refractivity contribution is -0.139. The van der Waals surface area contributed by atoms with Gasteiger partial charge in [0, 0.05) is 30.6 Å². The third-order valence-corrected chi connectivity index (χ3v) is 9.77. The van der Waals surface area contributed by atoms with E-state index in [2.05, 4.69) is 0 Å². The number of carbonyl (C=O) groups is 3. The van der Waals surface area contributed by atoms with Crippen molar-refractivity contribution in [3.63, 3.8) is 0 Å². The molecule has 1 unspecified atom stereocenters. The van der Waals surface area contributed by atoms with Gasteiger partial charge in [0.25, 0.3) is 5.91 Å². The number of carbonyl (C=O) groups excluding carboxylic acids is 3. The number of benzene rings is 2. The second kappa shape index (κ2) is 9.35. The van der Waals surface area contributed by atoms with E-state index in [1.165, 1.54) is 16.7 Å². The van der Waals surface area contributed by atoms with Crippen LogP contribution in [0.2, 0.25) is 5.02 Å². The highest BCUT2D eigenvalue weighted by Gasteiger charge is 2.71. The van der Waals surface area contributed by atoms with Crippen LogP contribution in [0.4, 0.5) is 11.4 Å². The third kappa shape index (κ3) is 3.65. The first kappa shape index (κ1) is 24.3. The number of anilines is 2. The van der Waals surface area contributed by atoms with Crippen LogP contribution in [-0.4, -0.2) is 70.0 Å². The molecule has 0 saturated carbocycles. The Bertz CT molecular complexity index is 1320. The summed E-state index contributed by atoms with van der Waals surface area (Å²) in [6.45, 7) is 0.451. The zero-order valence-electron chi connectivity index (χ0n) is 19.9. The molecule has 1 N–H and O–H groups in total. The molecular weight excluding hydrogens is 510 g/mol. The highest BCUT2D eigenvalue weighted by atomic mass is 35.5. The first-order valence-electron chi connectivity index (χ1n) is 12.3. The monoisotopic (exact) mass is 535 g/mol. The van der Waals surface area contributed by atoms with Crippen LogP contribution in [0.3, 0.4) is 0 Å². The summed E-state index contributed by atoms with van der Waals surface area (Å²) in [6.07, 6.45) is 7.85. The largest absolute Gasteiger partial charge is 0.395 e. The molecule has 0 bridgehead atoms.